The maximum atomic E-state index is 12.6. The van der Waals surface area contributed by atoms with Crippen LogP contribution in [0.25, 0.3) is 0 Å². The first-order chi connectivity index (χ1) is 9.91. The van der Waals surface area contributed by atoms with Crippen LogP contribution in [0.15, 0.2) is 0 Å². The number of nitrogens with one attached hydrogen (secondary N) is 1. The van der Waals surface area contributed by atoms with Crippen LogP contribution < -0.4 is 5.32 Å². The van der Waals surface area contributed by atoms with Gasteiger partial charge in [-0.15, -0.1) is 0 Å². The van der Waals surface area contributed by atoms with Crippen molar-refractivity contribution in [2.24, 2.45) is 5.92 Å². The summed E-state index contributed by atoms with van der Waals surface area (Å²) >= 11 is 0. The number of likely N-dealkylation sites (N-methyl/N-ethyl adjacent to an activating group) is 1. The van der Waals surface area contributed by atoms with Gasteiger partial charge in [-0.05, 0) is 25.3 Å². The van der Waals surface area contributed by atoms with Gasteiger partial charge in [-0.25, -0.2) is 0 Å². The molecular weight excluding hydrogens is 290 g/mol. The second-order valence-corrected chi connectivity index (χ2v) is 7.83. The second kappa shape index (κ2) is 9.05. The van der Waals surface area contributed by atoms with Gasteiger partial charge in [0.2, 0.25) is 0 Å². The first kappa shape index (κ1) is 18.8. The van der Waals surface area contributed by atoms with Gasteiger partial charge in [0.1, 0.15) is 0 Å². The molecule has 0 amide bonds. The van der Waals surface area contributed by atoms with Gasteiger partial charge in [-0.1, -0.05) is 20.8 Å². The molecule has 0 radical (unpaired) electrons. The van der Waals surface area contributed by atoms with Crippen LogP contribution in [-0.4, -0.2) is 69.5 Å². The summed E-state index contributed by atoms with van der Waals surface area (Å²) in [7, 11) is -1.74. The monoisotopic (exact) mass is 321 g/mol. The predicted molar refractivity (Wildman–Crippen MR) is 85.5 cm³/mol. The SMILES string of the molecule is CCN(CCOC)S(=O)(=O)N1CCC(CNC(C)C)CC1. The zero-order chi connectivity index (χ0) is 15.9. The van der Waals surface area contributed by atoms with Crippen molar-refractivity contribution in [3.63, 3.8) is 0 Å². The van der Waals surface area contributed by atoms with E-state index in [1.54, 1.807) is 11.4 Å². The Balaban J connectivity index is 2.51. The fraction of sp³-hybridized carbons (Fsp3) is 1.00. The van der Waals surface area contributed by atoms with E-state index in [2.05, 4.69) is 19.2 Å². The Kier molecular flexibility index (Phi) is 8.12. The van der Waals surface area contributed by atoms with Crippen LogP contribution in [0, 0.1) is 5.92 Å². The van der Waals surface area contributed by atoms with Crippen LogP contribution in [0.3, 0.4) is 0 Å². The molecule has 1 heterocycles. The molecule has 0 aromatic carbocycles. The van der Waals surface area contributed by atoms with E-state index in [1.807, 2.05) is 6.92 Å². The fourth-order valence-corrected chi connectivity index (χ4v) is 4.17. The Morgan fingerprint density at radius 1 is 1.33 bits per heavy atom. The lowest BCUT2D eigenvalue weighted by Crippen LogP contribution is -2.48. The number of piperidine rings is 1. The second-order valence-electron chi connectivity index (χ2n) is 5.90. The Morgan fingerprint density at radius 2 is 1.95 bits per heavy atom. The van der Waals surface area contributed by atoms with Crippen molar-refractivity contribution in [1.29, 1.82) is 0 Å². The summed E-state index contributed by atoms with van der Waals surface area (Å²) in [5, 5.41) is 3.44. The van der Waals surface area contributed by atoms with Crippen LogP contribution in [0.5, 0.6) is 0 Å². The molecule has 0 aromatic rings. The van der Waals surface area contributed by atoms with Gasteiger partial charge in [0, 0.05) is 39.3 Å². The molecule has 1 fully saturated rings. The number of ether oxygens (including phenoxy) is 1. The van der Waals surface area contributed by atoms with Gasteiger partial charge in [0.25, 0.3) is 10.2 Å². The minimum absolute atomic E-state index is 0.421. The van der Waals surface area contributed by atoms with Crippen molar-refractivity contribution in [3.05, 3.63) is 0 Å². The highest BCUT2D eigenvalue weighted by Crippen LogP contribution is 2.21. The highest BCUT2D eigenvalue weighted by molar-refractivity contribution is 7.86. The molecule has 0 atom stereocenters. The van der Waals surface area contributed by atoms with Gasteiger partial charge in [-0.3, -0.25) is 0 Å². The summed E-state index contributed by atoms with van der Waals surface area (Å²) in [6, 6.07) is 0.483. The summed E-state index contributed by atoms with van der Waals surface area (Å²) in [6.45, 7) is 9.70. The van der Waals surface area contributed by atoms with E-state index in [9.17, 15) is 8.42 Å². The van der Waals surface area contributed by atoms with Gasteiger partial charge in [0.15, 0.2) is 0 Å². The van der Waals surface area contributed by atoms with Gasteiger partial charge in [-0.2, -0.15) is 17.0 Å². The minimum Gasteiger partial charge on any atom is -0.383 e. The Bertz CT molecular complexity index is 379. The molecule has 1 aliphatic rings. The molecule has 0 bridgehead atoms. The third-order valence-electron chi connectivity index (χ3n) is 3.94. The largest absolute Gasteiger partial charge is 0.383 e. The quantitative estimate of drug-likeness (QED) is 0.686. The summed E-state index contributed by atoms with van der Waals surface area (Å²) in [4.78, 5) is 0. The Morgan fingerprint density at radius 3 is 2.43 bits per heavy atom. The van der Waals surface area contributed by atoms with Crippen LogP contribution in [0.1, 0.15) is 33.6 Å². The zero-order valence-electron chi connectivity index (χ0n) is 13.8. The Hall–Kier alpha value is -0.210. The van der Waals surface area contributed by atoms with Gasteiger partial charge in [0.05, 0.1) is 6.61 Å². The number of rotatable bonds is 9. The summed E-state index contributed by atoms with van der Waals surface area (Å²) in [5.41, 5.74) is 0. The molecule has 1 N–H and O–H groups in total. The average molecular weight is 321 g/mol. The van der Waals surface area contributed by atoms with Crippen LogP contribution in [0.2, 0.25) is 0 Å². The lowest BCUT2D eigenvalue weighted by Gasteiger charge is -2.34. The zero-order valence-corrected chi connectivity index (χ0v) is 14.7. The minimum atomic E-state index is -3.33. The van der Waals surface area contributed by atoms with Crippen molar-refractivity contribution in [2.75, 3.05) is 46.4 Å². The van der Waals surface area contributed by atoms with E-state index in [4.69, 9.17) is 4.74 Å². The molecular formula is C14H31N3O3S. The van der Waals surface area contributed by atoms with Crippen molar-refractivity contribution in [3.8, 4) is 0 Å². The van der Waals surface area contributed by atoms with Gasteiger partial charge < -0.3 is 10.1 Å². The van der Waals surface area contributed by atoms with E-state index in [0.29, 0.717) is 44.7 Å². The number of hydrogen-bond donors (Lipinski definition) is 1. The maximum absolute atomic E-state index is 12.6. The number of methoxy groups -OCH3 is 1. The van der Waals surface area contributed by atoms with Crippen molar-refractivity contribution >= 4 is 10.2 Å². The molecule has 0 aliphatic carbocycles. The molecule has 0 aromatic heterocycles. The normalized spacial score (nSPS) is 18.8. The Labute approximate surface area is 130 Å². The molecule has 0 spiro atoms. The predicted octanol–water partition coefficient (Wildman–Crippen LogP) is 0.910. The van der Waals surface area contributed by atoms with Crippen molar-refractivity contribution < 1.29 is 13.2 Å². The molecule has 1 aliphatic heterocycles. The van der Waals surface area contributed by atoms with Gasteiger partial charge >= 0.3 is 0 Å². The maximum Gasteiger partial charge on any atom is 0.282 e. The van der Waals surface area contributed by atoms with Crippen LogP contribution in [-0.2, 0) is 14.9 Å². The first-order valence-corrected chi connectivity index (χ1v) is 9.29. The molecule has 0 unspecified atom stereocenters. The lowest BCUT2D eigenvalue weighted by atomic mass is 9.98. The van der Waals surface area contributed by atoms with E-state index in [0.717, 1.165) is 19.4 Å². The average Bonchev–Trinajstić information content (AvgIpc) is 2.46. The molecule has 21 heavy (non-hydrogen) atoms. The topological polar surface area (TPSA) is 61.9 Å². The summed E-state index contributed by atoms with van der Waals surface area (Å²) in [5.74, 6) is 0.577. The molecule has 1 rings (SSSR count). The van der Waals surface area contributed by atoms with E-state index < -0.39 is 10.2 Å². The third kappa shape index (κ3) is 5.83. The number of nitrogens with zero attached hydrogens (tertiary/aromatic N) is 2. The molecule has 126 valence electrons. The first-order valence-electron chi connectivity index (χ1n) is 7.89. The molecule has 0 saturated carbocycles. The van der Waals surface area contributed by atoms with E-state index >= 15 is 0 Å². The smallest absolute Gasteiger partial charge is 0.282 e. The van der Waals surface area contributed by atoms with Crippen LogP contribution >= 0.6 is 0 Å². The molecule has 1 saturated heterocycles. The highest BCUT2D eigenvalue weighted by atomic mass is 32.2. The summed E-state index contributed by atoms with van der Waals surface area (Å²) in [6.07, 6.45) is 1.86. The summed E-state index contributed by atoms with van der Waals surface area (Å²) < 4.78 is 33.3. The van der Waals surface area contributed by atoms with E-state index in [1.165, 1.54) is 4.31 Å². The molecule has 7 heteroatoms. The molecule has 6 nitrogen and oxygen atoms in total. The fourth-order valence-electron chi connectivity index (χ4n) is 2.54. The van der Waals surface area contributed by atoms with Crippen molar-refractivity contribution in [1.82, 2.24) is 13.9 Å². The highest BCUT2D eigenvalue weighted by Gasteiger charge is 2.31. The van der Waals surface area contributed by atoms with E-state index in [-0.39, 0.29) is 0 Å². The number of hydrogen-bond acceptors (Lipinski definition) is 4. The lowest BCUT2D eigenvalue weighted by molar-refractivity contribution is 0.174. The van der Waals surface area contributed by atoms with Crippen molar-refractivity contribution in [2.45, 2.75) is 39.7 Å². The third-order valence-corrected chi connectivity index (χ3v) is 6.05. The van der Waals surface area contributed by atoms with Crippen LogP contribution in [0.4, 0.5) is 0 Å². The standard InChI is InChI=1S/C14H31N3O3S/c1-5-16(10-11-20-4)21(18,19)17-8-6-14(7-9-17)12-15-13(2)3/h13-15H,5-12H2,1-4H3.